The molecule has 0 saturated carbocycles. The first kappa shape index (κ1) is 16.6. The van der Waals surface area contributed by atoms with Crippen LogP contribution in [-0.4, -0.2) is 37.8 Å². The number of fused-ring (bicyclic) bond motifs is 1. The van der Waals surface area contributed by atoms with Crippen molar-refractivity contribution >= 4 is 11.8 Å². The molecule has 24 heavy (non-hydrogen) atoms. The van der Waals surface area contributed by atoms with Gasteiger partial charge in [0, 0.05) is 25.6 Å². The van der Waals surface area contributed by atoms with Gasteiger partial charge in [0.1, 0.15) is 18.0 Å². The van der Waals surface area contributed by atoms with Crippen LogP contribution in [0.4, 0.5) is 11.8 Å². The molecule has 2 aromatic rings. The van der Waals surface area contributed by atoms with E-state index in [1.165, 1.54) is 0 Å². The van der Waals surface area contributed by atoms with Crippen LogP contribution in [0.15, 0.2) is 6.33 Å². The second kappa shape index (κ2) is 7.12. The number of anilines is 2. The Kier molecular flexibility index (Phi) is 4.94. The quantitative estimate of drug-likeness (QED) is 0.753. The zero-order valence-corrected chi connectivity index (χ0v) is 14.6. The standard InChI is InChI=1S/C16H26N8/c1-10(2)8-13(15-19-9-20-24(15)3)21-14-11-4-6-18-7-5-12(11)22-16(17)23-14/h9-10,13,18H,4-8H2,1-3H3,(H3,17,21,22,23)/t13-/m0/s1. The second-order valence-corrected chi connectivity index (χ2v) is 6.67. The van der Waals surface area contributed by atoms with Crippen molar-refractivity contribution in [1.29, 1.82) is 0 Å². The third-order valence-corrected chi connectivity index (χ3v) is 4.28. The first-order valence-electron chi connectivity index (χ1n) is 8.51. The van der Waals surface area contributed by atoms with Crippen molar-refractivity contribution in [3.63, 3.8) is 0 Å². The van der Waals surface area contributed by atoms with Gasteiger partial charge in [0.15, 0.2) is 0 Å². The maximum Gasteiger partial charge on any atom is 0.222 e. The van der Waals surface area contributed by atoms with Gasteiger partial charge in [-0.3, -0.25) is 4.68 Å². The fourth-order valence-electron chi connectivity index (χ4n) is 3.17. The topological polar surface area (TPSA) is 107 Å². The average molecular weight is 330 g/mol. The van der Waals surface area contributed by atoms with Crippen molar-refractivity contribution in [2.45, 2.75) is 39.2 Å². The van der Waals surface area contributed by atoms with E-state index in [1.807, 2.05) is 11.7 Å². The number of hydrogen-bond donors (Lipinski definition) is 3. The number of aryl methyl sites for hydroxylation is 1. The summed E-state index contributed by atoms with van der Waals surface area (Å²) in [6.07, 6.45) is 4.28. The zero-order chi connectivity index (χ0) is 17.1. The number of rotatable bonds is 5. The summed E-state index contributed by atoms with van der Waals surface area (Å²) in [5.41, 5.74) is 8.14. The molecular formula is C16H26N8. The van der Waals surface area contributed by atoms with Crippen molar-refractivity contribution in [2.24, 2.45) is 13.0 Å². The molecule has 1 atom stereocenters. The minimum absolute atomic E-state index is 0.0344. The fraction of sp³-hybridized carbons (Fsp3) is 0.625. The monoisotopic (exact) mass is 330 g/mol. The van der Waals surface area contributed by atoms with Crippen LogP contribution in [-0.2, 0) is 19.9 Å². The van der Waals surface area contributed by atoms with Gasteiger partial charge in [0.05, 0.1) is 11.7 Å². The minimum atomic E-state index is 0.0344. The molecule has 4 N–H and O–H groups in total. The summed E-state index contributed by atoms with van der Waals surface area (Å²) < 4.78 is 1.81. The van der Waals surface area contributed by atoms with Crippen molar-refractivity contribution in [3.05, 3.63) is 23.4 Å². The normalized spacial score (nSPS) is 15.8. The van der Waals surface area contributed by atoms with Gasteiger partial charge >= 0.3 is 0 Å². The molecule has 8 heteroatoms. The lowest BCUT2D eigenvalue weighted by atomic mass is 10.0. The van der Waals surface area contributed by atoms with E-state index >= 15 is 0 Å². The fourth-order valence-corrected chi connectivity index (χ4v) is 3.17. The summed E-state index contributed by atoms with van der Waals surface area (Å²) in [5, 5.41) is 11.2. The Bertz CT molecular complexity index is 693. The van der Waals surface area contributed by atoms with E-state index in [0.717, 1.165) is 55.3 Å². The van der Waals surface area contributed by atoms with Crippen molar-refractivity contribution in [1.82, 2.24) is 30.0 Å². The van der Waals surface area contributed by atoms with Crippen molar-refractivity contribution in [2.75, 3.05) is 24.1 Å². The SMILES string of the molecule is CC(C)C[C@H](Nc1nc(N)nc2c1CCNCC2)c1ncnn1C. The van der Waals surface area contributed by atoms with Gasteiger partial charge in [0.25, 0.3) is 0 Å². The highest BCUT2D eigenvalue weighted by molar-refractivity contribution is 5.51. The lowest BCUT2D eigenvalue weighted by Gasteiger charge is -2.22. The van der Waals surface area contributed by atoms with Gasteiger partial charge in [-0.25, -0.2) is 9.97 Å². The van der Waals surface area contributed by atoms with Crippen LogP contribution in [0.5, 0.6) is 0 Å². The Morgan fingerprint density at radius 3 is 2.79 bits per heavy atom. The molecule has 0 amide bonds. The number of nitrogens with zero attached hydrogens (tertiary/aromatic N) is 5. The number of aromatic nitrogens is 5. The second-order valence-electron chi connectivity index (χ2n) is 6.67. The Morgan fingerprint density at radius 1 is 1.29 bits per heavy atom. The van der Waals surface area contributed by atoms with Crippen LogP contribution in [0.1, 0.15) is 43.4 Å². The van der Waals surface area contributed by atoms with Gasteiger partial charge in [0.2, 0.25) is 5.95 Å². The summed E-state index contributed by atoms with van der Waals surface area (Å²) in [6.45, 7) is 6.24. The summed E-state index contributed by atoms with van der Waals surface area (Å²) in [5.74, 6) is 2.56. The van der Waals surface area contributed by atoms with E-state index in [1.54, 1.807) is 6.33 Å². The number of nitrogens with one attached hydrogen (secondary N) is 2. The molecule has 2 aromatic heterocycles. The predicted molar refractivity (Wildman–Crippen MR) is 93.5 cm³/mol. The predicted octanol–water partition coefficient (Wildman–Crippen LogP) is 1.07. The minimum Gasteiger partial charge on any atom is -0.368 e. The van der Waals surface area contributed by atoms with E-state index in [4.69, 9.17) is 5.73 Å². The summed E-state index contributed by atoms with van der Waals surface area (Å²) in [7, 11) is 1.91. The van der Waals surface area contributed by atoms with Crippen LogP contribution in [0.2, 0.25) is 0 Å². The van der Waals surface area contributed by atoms with Crippen LogP contribution < -0.4 is 16.4 Å². The highest BCUT2D eigenvalue weighted by atomic mass is 15.3. The van der Waals surface area contributed by atoms with Gasteiger partial charge in [-0.2, -0.15) is 10.1 Å². The molecule has 0 saturated heterocycles. The summed E-state index contributed by atoms with van der Waals surface area (Å²) in [6, 6.07) is 0.0344. The Balaban J connectivity index is 1.95. The summed E-state index contributed by atoms with van der Waals surface area (Å²) >= 11 is 0. The lowest BCUT2D eigenvalue weighted by molar-refractivity contribution is 0.497. The first-order valence-corrected chi connectivity index (χ1v) is 8.51. The molecule has 0 spiro atoms. The number of nitrogens with two attached hydrogens (primary N) is 1. The molecule has 0 radical (unpaired) electrons. The third kappa shape index (κ3) is 3.64. The molecule has 130 valence electrons. The molecule has 3 heterocycles. The number of nitrogen functional groups attached to an aromatic ring is 1. The average Bonchev–Trinajstić information content (AvgIpc) is 2.79. The molecule has 0 unspecified atom stereocenters. The van der Waals surface area contributed by atoms with Gasteiger partial charge in [-0.15, -0.1) is 0 Å². The Labute approximate surface area is 142 Å². The largest absolute Gasteiger partial charge is 0.368 e. The summed E-state index contributed by atoms with van der Waals surface area (Å²) in [4.78, 5) is 13.3. The van der Waals surface area contributed by atoms with E-state index in [9.17, 15) is 0 Å². The molecular weight excluding hydrogens is 304 g/mol. The van der Waals surface area contributed by atoms with Crippen LogP contribution in [0, 0.1) is 5.92 Å². The van der Waals surface area contributed by atoms with E-state index in [0.29, 0.717) is 11.9 Å². The van der Waals surface area contributed by atoms with Crippen LogP contribution >= 0.6 is 0 Å². The highest BCUT2D eigenvalue weighted by Gasteiger charge is 2.22. The molecule has 1 aliphatic heterocycles. The van der Waals surface area contributed by atoms with Crippen LogP contribution in [0.25, 0.3) is 0 Å². The van der Waals surface area contributed by atoms with Gasteiger partial charge in [-0.05, 0) is 25.3 Å². The zero-order valence-electron chi connectivity index (χ0n) is 14.6. The maximum absolute atomic E-state index is 5.94. The molecule has 1 aliphatic rings. The molecule has 8 nitrogen and oxygen atoms in total. The molecule has 0 bridgehead atoms. The molecule has 3 rings (SSSR count). The first-order chi connectivity index (χ1) is 11.5. The number of hydrogen-bond acceptors (Lipinski definition) is 7. The molecule has 0 aromatic carbocycles. The molecule has 0 aliphatic carbocycles. The van der Waals surface area contributed by atoms with Crippen molar-refractivity contribution in [3.8, 4) is 0 Å². The van der Waals surface area contributed by atoms with E-state index < -0.39 is 0 Å². The van der Waals surface area contributed by atoms with E-state index in [-0.39, 0.29) is 6.04 Å². The smallest absolute Gasteiger partial charge is 0.222 e. The highest BCUT2D eigenvalue weighted by Crippen LogP contribution is 2.27. The Morgan fingerprint density at radius 2 is 2.08 bits per heavy atom. The van der Waals surface area contributed by atoms with Crippen molar-refractivity contribution < 1.29 is 0 Å². The third-order valence-electron chi connectivity index (χ3n) is 4.28. The Hall–Kier alpha value is -2.22. The molecule has 0 fully saturated rings. The van der Waals surface area contributed by atoms with Gasteiger partial charge < -0.3 is 16.4 Å². The lowest BCUT2D eigenvalue weighted by Crippen LogP contribution is -2.21. The van der Waals surface area contributed by atoms with E-state index in [2.05, 4.69) is 44.5 Å². The van der Waals surface area contributed by atoms with Crippen LogP contribution in [0.3, 0.4) is 0 Å². The maximum atomic E-state index is 5.94. The van der Waals surface area contributed by atoms with Gasteiger partial charge in [-0.1, -0.05) is 13.8 Å².